The highest BCUT2D eigenvalue weighted by Gasteiger charge is 2.20. The lowest BCUT2D eigenvalue weighted by atomic mass is 10.4. The molecule has 0 amide bonds. The number of aryl methyl sites for hydroxylation is 1. The number of hydrogen-bond acceptors (Lipinski definition) is 4. The Morgan fingerprint density at radius 3 is 2.94 bits per heavy atom. The van der Waals surface area contributed by atoms with Crippen molar-refractivity contribution < 1.29 is 8.42 Å². The summed E-state index contributed by atoms with van der Waals surface area (Å²) in [6.45, 7) is 3.22. The van der Waals surface area contributed by atoms with Gasteiger partial charge in [-0.25, -0.2) is 13.4 Å². The average Bonchev–Trinajstić information content (AvgIpc) is 3.07. The van der Waals surface area contributed by atoms with Gasteiger partial charge in [0.25, 0.3) is 0 Å². The molecule has 0 atom stereocenters. The summed E-state index contributed by atoms with van der Waals surface area (Å²) in [6.07, 6.45) is 6.98. The van der Waals surface area contributed by atoms with Crippen molar-refractivity contribution in [2.75, 3.05) is 11.5 Å². The Kier molecular flexibility index (Phi) is 4.40. The monoisotopic (exact) mass is 271 g/mol. The Bertz CT molecular complexity index is 477. The van der Waals surface area contributed by atoms with E-state index in [4.69, 9.17) is 0 Å². The molecule has 1 aliphatic carbocycles. The zero-order valence-electron chi connectivity index (χ0n) is 10.8. The molecule has 5 nitrogen and oxygen atoms in total. The Balaban J connectivity index is 1.72. The van der Waals surface area contributed by atoms with Crippen LogP contribution in [-0.2, 0) is 22.9 Å². The second-order valence-corrected chi connectivity index (χ2v) is 7.32. The van der Waals surface area contributed by atoms with E-state index in [-0.39, 0.29) is 11.5 Å². The zero-order chi connectivity index (χ0) is 13.0. The first-order valence-electron chi connectivity index (χ1n) is 6.53. The molecule has 6 heteroatoms. The van der Waals surface area contributed by atoms with E-state index in [9.17, 15) is 8.42 Å². The van der Waals surface area contributed by atoms with Gasteiger partial charge in [-0.3, -0.25) is 0 Å². The molecule has 1 aromatic heterocycles. The number of hydrogen-bond donors (Lipinski definition) is 1. The second kappa shape index (κ2) is 5.84. The van der Waals surface area contributed by atoms with E-state index in [1.54, 1.807) is 13.3 Å². The highest BCUT2D eigenvalue weighted by molar-refractivity contribution is 7.91. The molecule has 1 fully saturated rings. The summed E-state index contributed by atoms with van der Waals surface area (Å²) in [6, 6.07) is 0.685. The standard InChI is InChI=1S/C12H21N3O2S/c1-2-18(16,17)7-3-6-15-9-12(14-10-15)8-13-11-4-5-11/h9-11,13H,2-8H2,1H3. The van der Waals surface area contributed by atoms with Gasteiger partial charge >= 0.3 is 0 Å². The van der Waals surface area contributed by atoms with Crippen molar-refractivity contribution in [2.24, 2.45) is 0 Å². The minimum absolute atomic E-state index is 0.230. The highest BCUT2D eigenvalue weighted by Crippen LogP contribution is 2.18. The van der Waals surface area contributed by atoms with Gasteiger partial charge in [-0.1, -0.05) is 6.92 Å². The molecule has 0 bridgehead atoms. The SMILES string of the molecule is CCS(=O)(=O)CCCn1cnc(CNC2CC2)c1. The van der Waals surface area contributed by atoms with Gasteiger partial charge in [0.2, 0.25) is 0 Å². The largest absolute Gasteiger partial charge is 0.337 e. The van der Waals surface area contributed by atoms with Gasteiger partial charge < -0.3 is 9.88 Å². The first kappa shape index (κ1) is 13.5. The van der Waals surface area contributed by atoms with Crippen molar-refractivity contribution in [3.63, 3.8) is 0 Å². The summed E-state index contributed by atoms with van der Waals surface area (Å²) in [5, 5.41) is 3.40. The summed E-state index contributed by atoms with van der Waals surface area (Å²) in [5.41, 5.74) is 1.03. The number of sulfone groups is 1. The maximum Gasteiger partial charge on any atom is 0.150 e. The van der Waals surface area contributed by atoms with Crippen molar-refractivity contribution in [3.05, 3.63) is 18.2 Å². The minimum Gasteiger partial charge on any atom is -0.337 e. The van der Waals surface area contributed by atoms with Gasteiger partial charge in [0.15, 0.2) is 0 Å². The van der Waals surface area contributed by atoms with Crippen LogP contribution in [0.3, 0.4) is 0 Å². The maximum absolute atomic E-state index is 11.3. The molecule has 1 N–H and O–H groups in total. The predicted molar refractivity (Wildman–Crippen MR) is 71.0 cm³/mol. The van der Waals surface area contributed by atoms with Crippen LogP contribution < -0.4 is 5.32 Å². The lowest BCUT2D eigenvalue weighted by Gasteiger charge is -2.02. The van der Waals surface area contributed by atoms with E-state index in [1.807, 2.05) is 10.8 Å². The van der Waals surface area contributed by atoms with E-state index < -0.39 is 9.84 Å². The molecular weight excluding hydrogens is 250 g/mol. The Morgan fingerprint density at radius 2 is 2.28 bits per heavy atom. The summed E-state index contributed by atoms with van der Waals surface area (Å²) >= 11 is 0. The third-order valence-electron chi connectivity index (χ3n) is 3.15. The molecule has 102 valence electrons. The van der Waals surface area contributed by atoms with Crippen molar-refractivity contribution in [2.45, 2.75) is 45.3 Å². The summed E-state index contributed by atoms with van der Waals surface area (Å²) < 4.78 is 24.7. The Labute approximate surface area is 109 Å². The van der Waals surface area contributed by atoms with Gasteiger partial charge in [0.1, 0.15) is 9.84 Å². The van der Waals surface area contributed by atoms with Gasteiger partial charge in [0, 0.05) is 31.1 Å². The first-order valence-corrected chi connectivity index (χ1v) is 8.35. The van der Waals surface area contributed by atoms with Gasteiger partial charge in [-0.15, -0.1) is 0 Å². The van der Waals surface area contributed by atoms with E-state index in [0.717, 1.165) is 18.8 Å². The molecule has 18 heavy (non-hydrogen) atoms. The maximum atomic E-state index is 11.3. The number of rotatable bonds is 8. The molecule has 0 spiro atoms. The van der Waals surface area contributed by atoms with Crippen LogP contribution in [0.15, 0.2) is 12.5 Å². The smallest absolute Gasteiger partial charge is 0.150 e. The molecule has 0 aliphatic heterocycles. The normalized spacial score (nSPS) is 16.1. The van der Waals surface area contributed by atoms with Crippen LogP contribution in [0.1, 0.15) is 31.9 Å². The molecule has 0 aromatic carbocycles. The number of imidazole rings is 1. The number of aromatic nitrogens is 2. The Morgan fingerprint density at radius 1 is 1.50 bits per heavy atom. The second-order valence-electron chi connectivity index (χ2n) is 4.85. The molecule has 2 rings (SSSR count). The summed E-state index contributed by atoms with van der Waals surface area (Å²) in [5.74, 6) is 0.491. The molecule has 0 unspecified atom stereocenters. The third kappa shape index (κ3) is 4.42. The predicted octanol–water partition coefficient (Wildman–Crippen LogP) is 0.960. The zero-order valence-corrected chi connectivity index (χ0v) is 11.6. The fraction of sp³-hybridized carbons (Fsp3) is 0.750. The van der Waals surface area contributed by atoms with Crippen LogP contribution in [0, 0.1) is 0 Å². The molecule has 1 aliphatic rings. The Hall–Kier alpha value is -0.880. The minimum atomic E-state index is -2.84. The van der Waals surface area contributed by atoms with Gasteiger partial charge in [-0.05, 0) is 19.3 Å². The van der Waals surface area contributed by atoms with Crippen molar-refractivity contribution in [1.29, 1.82) is 0 Å². The molecule has 1 aromatic rings. The lowest BCUT2D eigenvalue weighted by Crippen LogP contribution is -2.15. The fourth-order valence-electron chi connectivity index (χ4n) is 1.77. The quantitative estimate of drug-likeness (QED) is 0.765. The van der Waals surface area contributed by atoms with Crippen LogP contribution in [0.4, 0.5) is 0 Å². The van der Waals surface area contributed by atoms with Crippen LogP contribution in [0.5, 0.6) is 0 Å². The molecule has 1 heterocycles. The average molecular weight is 271 g/mol. The first-order chi connectivity index (χ1) is 8.59. The van der Waals surface area contributed by atoms with Crippen LogP contribution in [0.2, 0.25) is 0 Å². The van der Waals surface area contributed by atoms with Crippen molar-refractivity contribution in [1.82, 2.24) is 14.9 Å². The summed E-state index contributed by atoms with van der Waals surface area (Å²) in [4.78, 5) is 4.30. The number of nitrogens with one attached hydrogen (secondary N) is 1. The van der Waals surface area contributed by atoms with E-state index in [1.165, 1.54) is 12.8 Å². The molecule has 0 radical (unpaired) electrons. The number of nitrogens with zero attached hydrogens (tertiary/aromatic N) is 2. The van der Waals surface area contributed by atoms with Crippen LogP contribution in [0.25, 0.3) is 0 Å². The van der Waals surface area contributed by atoms with E-state index in [0.29, 0.717) is 12.5 Å². The molecule has 1 saturated carbocycles. The molecular formula is C12H21N3O2S. The van der Waals surface area contributed by atoms with Gasteiger partial charge in [-0.2, -0.15) is 0 Å². The molecule has 0 saturated heterocycles. The summed E-state index contributed by atoms with van der Waals surface area (Å²) in [7, 11) is -2.84. The van der Waals surface area contributed by atoms with E-state index >= 15 is 0 Å². The van der Waals surface area contributed by atoms with Crippen LogP contribution in [-0.4, -0.2) is 35.5 Å². The van der Waals surface area contributed by atoms with Crippen LogP contribution >= 0.6 is 0 Å². The fourth-order valence-corrected chi connectivity index (χ4v) is 2.63. The highest BCUT2D eigenvalue weighted by atomic mass is 32.2. The van der Waals surface area contributed by atoms with Crippen molar-refractivity contribution in [3.8, 4) is 0 Å². The van der Waals surface area contributed by atoms with Crippen molar-refractivity contribution >= 4 is 9.84 Å². The topological polar surface area (TPSA) is 64.0 Å². The van der Waals surface area contributed by atoms with E-state index in [2.05, 4.69) is 10.3 Å². The van der Waals surface area contributed by atoms with Gasteiger partial charge in [0.05, 0.1) is 17.8 Å². The third-order valence-corrected chi connectivity index (χ3v) is 4.94. The lowest BCUT2D eigenvalue weighted by molar-refractivity contribution is 0.587.